The summed E-state index contributed by atoms with van der Waals surface area (Å²) in [6.07, 6.45) is 0.753. The molecule has 0 aliphatic rings. The van der Waals surface area contributed by atoms with E-state index >= 15 is 0 Å². The number of amides is 1. The van der Waals surface area contributed by atoms with Gasteiger partial charge in [0.1, 0.15) is 16.6 Å². The Balaban J connectivity index is 1.74. The number of nitrogens with zero attached hydrogens (tertiary/aromatic N) is 3. The molecule has 0 bridgehead atoms. The fraction of sp³-hybridized carbons (Fsp3) is 0.250. The van der Waals surface area contributed by atoms with Gasteiger partial charge in [-0.05, 0) is 13.0 Å². The van der Waals surface area contributed by atoms with Crippen molar-refractivity contribution in [2.45, 2.75) is 25.3 Å². The van der Waals surface area contributed by atoms with Crippen LogP contribution in [0.25, 0.3) is 10.9 Å². The van der Waals surface area contributed by atoms with E-state index in [1.54, 1.807) is 13.0 Å². The molecule has 23 heavy (non-hydrogen) atoms. The van der Waals surface area contributed by atoms with Gasteiger partial charge >= 0.3 is 0 Å². The van der Waals surface area contributed by atoms with Crippen molar-refractivity contribution in [2.75, 3.05) is 11.1 Å². The number of aryl methyl sites for hydroxylation is 2. The molecule has 0 saturated heterocycles. The van der Waals surface area contributed by atoms with E-state index in [2.05, 4.69) is 20.4 Å². The molecule has 2 heterocycles. The molecule has 3 rings (SSSR count). The standard InChI is InChI=1S/C16H16N4O2S/c1-3-13-17-12-7-5-4-6-11(12)16(19-13)23-9-15(21)18-14-8-10(2)22-20-14/h4-8H,3,9H2,1-2H3,(H,18,20,21). The number of hydrogen-bond donors (Lipinski definition) is 1. The maximum Gasteiger partial charge on any atom is 0.236 e. The van der Waals surface area contributed by atoms with Crippen LogP contribution >= 0.6 is 11.8 Å². The second kappa shape index (κ2) is 6.78. The third-order valence-electron chi connectivity index (χ3n) is 3.17. The maximum absolute atomic E-state index is 12.0. The minimum Gasteiger partial charge on any atom is -0.360 e. The number of para-hydroxylation sites is 1. The molecule has 0 aliphatic heterocycles. The molecule has 1 N–H and O–H groups in total. The molecule has 6 nitrogen and oxygen atoms in total. The summed E-state index contributed by atoms with van der Waals surface area (Å²) < 4.78 is 4.92. The predicted octanol–water partition coefficient (Wildman–Crippen LogP) is 3.22. The van der Waals surface area contributed by atoms with Crippen LogP contribution < -0.4 is 5.32 Å². The van der Waals surface area contributed by atoms with Gasteiger partial charge in [-0.1, -0.05) is 42.0 Å². The van der Waals surface area contributed by atoms with Crippen molar-refractivity contribution in [3.63, 3.8) is 0 Å². The topological polar surface area (TPSA) is 80.9 Å². The van der Waals surface area contributed by atoms with Crippen LogP contribution in [0, 0.1) is 6.92 Å². The normalized spacial score (nSPS) is 10.9. The van der Waals surface area contributed by atoms with Gasteiger partial charge in [-0.25, -0.2) is 9.97 Å². The Kier molecular flexibility index (Phi) is 4.57. The van der Waals surface area contributed by atoms with Crippen LogP contribution in [0.1, 0.15) is 18.5 Å². The van der Waals surface area contributed by atoms with Crippen LogP contribution in [0.2, 0.25) is 0 Å². The molecular weight excluding hydrogens is 312 g/mol. The lowest BCUT2D eigenvalue weighted by Crippen LogP contribution is -2.14. The molecule has 1 amide bonds. The molecule has 2 aromatic heterocycles. The average molecular weight is 328 g/mol. The van der Waals surface area contributed by atoms with Crippen LogP contribution in [0.5, 0.6) is 0 Å². The Labute approximate surface area is 137 Å². The third kappa shape index (κ3) is 3.68. The number of fused-ring (bicyclic) bond motifs is 1. The fourth-order valence-corrected chi connectivity index (χ4v) is 2.94. The van der Waals surface area contributed by atoms with Gasteiger partial charge in [-0.2, -0.15) is 0 Å². The first-order valence-electron chi connectivity index (χ1n) is 7.27. The van der Waals surface area contributed by atoms with Crippen molar-refractivity contribution < 1.29 is 9.32 Å². The first-order chi connectivity index (χ1) is 11.2. The molecule has 0 unspecified atom stereocenters. The van der Waals surface area contributed by atoms with Crippen LogP contribution in [0.15, 0.2) is 39.9 Å². The molecule has 3 aromatic rings. The highest BCUT2D eigenvalue weighted by Crippen LogP contribution is 2.25. The van der Waals surface area contributed by atoms with Crippen molar-refractivity contribution >= 4 is 34.4 Å². The van der Waals surface area contributed by atoms with Crippen molar-refractivity contribution in [1.82, 2.24) is 15.1 Å². The molecule has 0 radical (unpaired) electrons. The molecule has 0 fully saturated rings. The number of carbonyl (C=O) groups excluding carboxylic acids is 1. The first kappa shape index (κ1) is 15.5. The van der Waals surface area contributed by atoms with E-state index in [0.717, 1.165) is 28.2 Å². The van der Waals surface area contributed by atoms with Gasteiger partial charge in [0.2, 0.25) is 5.91 Å². The molecule has 0 spiro atoms. The second-order valence-corrected chi connectivity index (χ2v) is 5.94. The van der Waals surface area contributed by atoms with Gasteiger partial charge in [0.05, 0.1) is 11.3 Å². The summed E-state index contributed by atoms with van der Waals surface area (Å²) >= 11 is 1.39. The van der Waals surface area contributed by atoms with Gasteiger partial charge in [0, 0.05) is 17.9 Å². The summed E-state index contributed by atoms with van der Waals surface area (Å²) in [6, 6.07) is 9.49. The average Bonchev–Trinajstić information content (AvgIpc) is 2.97. The zero-order chi connectivity index (χ0) is 16.2. The van der Waals surface area contributed by atoms with Crippen molar-refractivity contribution in [3.05, 3.63) is 41.9 Å². The van der Waals surface area contributed by atoms with E-state index in [1.807, 2.05) is 31.2 Å². The molecule has 0 atom stereocenters. The molecular formula is C16H16N4O2S. The summed E-state index contributed by atoms with van der Waals surface area (Å²) in [6.45, 7) is 3.79. The van der Waals surface area contributed by atoms with E-state index in [-0.39, 0.29) is 11.7 Å². The lowest BCUT2D eigenvalue weighted by Gasteiger charge is -2.07. The molecule has 0 aliphatic carbocycles. The number of carbonyl (C=O) groups is 1. The van der Waals surface area contributed by atoms with E-state index in [1.165, 1.54) is 11.8 Å². The Morgan fingerprint density at radius 3 is 2.87 bits per heavy atom. The van der Waals surface area contributed by atoms with Crippen molar-refractivity contribution in [1.29, 1.82) is 0 Å². The third-order valence-corrected chi connectivity index (χ3v) is 4.16. The fourth-order valence-electron chi connectivity index (χ4n) is 2.10. The number of benzene rings is 1. The summed E-state index contributed by atoms with van der Waals surface area (Å²) in [7, 11) is 0. The number of nitrogens with one attached hydrogen (secondary N) is 1. The van der Waals surface area contributed by atoms with Crippen molar-refractivity contribution in [3.8, 4) is 0 Å². The number of anilines is 1. The summed E-state index contributed by atoms with van der Waals surface area (Å²) in [5.41, 5.74) is 0.898. The highest BCUT2D eigenvalue weighted by atomic mass is 32.2. The van der Waals surface area contributed by atoms with Gasteiger partial charge in [0.25, 0.3) is 0 Å². The Morgan fingerprint density at radius 1 is 1.30 bits per heavy atom. The number of aromatic nitrogens is 3. The minimum atomic E-state index is -0.149. The smallest absolute Gasteiger partial charge is 0.236 e. The van der Waals surface area contributed by atoms with Crippen LogP contribution in [0.4, 0.5) is 5.82 Å². The van der Waals surface area contributed by atoms with Crippen molar-refractivity contribution in [2.24, 2.45) is 0 Å². The quantitative estimate of drug-likeness (QED) is 0.572. The lowest BCUT2D eigenvalue weighted by atomic mass is 10.2. The van der Waals surface area contributed by atoms with Gasteiger partial charge in [0.15, 0.2) is 5.82 Å². The summed E-state index contributed by atoms with van der Waals surface area (Å²) in [5.74, 6) is 1.95. The van der Waals surface area contributed by atoms with Gasteiger partial charge < -0.3 is 9.84 Å². The number of hydrogen-bond acceptors (Lipinski definition) is 6. The van der Waals surface area contributed by atoms with E-state index in [0.29, 0.717) is 11.6 Å². The summed E-state index contributed by atoms with van der Waals surface area (Å²) in [4.78, 5) is 21.1. The zero-order valence-corrected chi connectivity index (χ0v) is 13.7. The molecule has 7 heteroatoms. The van der Waals surface area contributed by atoms with Crippen LogP contribution in [-0.2, 0) is 11.2 Å². The highest BCUT2D eigenvalue weighted by Gasteiger charge is 2.11. The van der Waals surface area contributed by atoms with E-state index in [9.17, 15) is 4.79 Å². The maximum atomic E-state index is 12.0. The Morgan fingerprint density at radius 2 is 2.13 bits per heavy atom. The van der Waals surface area contributed by atoms with Gasteiger partial charge in [-0.15, -0.1) is 0 Å². The second-order valence-electron chi connectivity index (χ2n) is 4.98. The SMILES string of the molecule is CCc1nc(SCC(=O)Nc2cc(C)on2)c2ccccc2n1. The Bertz CT molecular complexity index is 847. The predicted molar refractivity (Wildman–Crippen MR) is 89.5 cm³/mol. The summed E-state index contributed by atoms with van der Waals surface area (Å²) in [5, 5.41) is 8.22. The zero-order valence-electron chi connectivity index (χ0n) is 12.9. The number of rotatable bonds is 5. The Hall–Kier alpha value is -2.41. The highest BCUT2D eigenvalue weighted by molar-refractivity contribution is 8.00. The van der Waals surface area contributed by atoms with E-state index < -0.39 is 0 Å². The molecule has 0 saturated carbocycles. The van der Waals surface area contributed by atoms with Crippen LogP contribution in [0.3, 0.4) is 0 Å². The molecule has 1 aromatic carbocycles. The van der Waals surface area contributed by atoms with Crippen LogP contribution in [-0.4, -0.2) is 26.8 Å². The lowest BCUT2D eigenvalue weighted by molar-refractivity contribution is -0.113. The monoisotopic (exact) mass is 328 g/mol. The largest absolute Gasteiger partial charge is 0.360 e. The number of thioether (sulfide) groups is 1. The molecule has 118 valence electrons. The van der Waals surface area contributed by atoms with Gasteiger partial charge in [-0.3, -0.25) is 4.79 Å². The van der Waals surface area contributed by atoms with E-state index in [4.69, 9.17) is 4.52 Å². The first-order valence-corrected chi connectivity index (χ1v) is 8.26. The minimum absolute atomic E-state index is 0.149.